The summed E-state index contributed by atoms with van der Waals surface area (Å²) in [6.45, 7) is 5.51. The van der Waals surface area contributed by atoms with E-state index in [1.54, 1.807) is 31.2 Å². The number of esters is 1. The first kappa shape index (κ1) is 20.9. The Labute approximate surface area is 172 Å². The number of phenols is 1. The largest absolute Gasteiger partial charge is 0.505 e. The van der Waals surface area contributed by atoms with Crippen molar-refractivity contribution in [3.05, 3.63) is 58.5 Å². The lowest BCUT2D eigenvalue weighted by molar-refractivity contribution is -0.135. The summed E-state index contributed by atoms with van der Waals surface area (Å²) >= 11 is 5.89. The minimum absolute atomic E-state index is 0.130. The van der Waals surface area contributed by atoms with Crippen molar-refractivity contribution in [1.82, 2.24) is 4.57 Å². The molecule has 0 spiro atoms. The summed E-state index contributed by atoms with van der Waals surface area (Å²) in [6, 6.07) is 8.49. The van der Waals surface area contributed by atoms with Crippen molar-refractivity contribution in [1.29, 1.82) is 0 Å². The first-order valence-electron chi connectivity index (χ1n) is 9.27. The van der Waals surface area contributed by atoms with Gasteiger partial charge in [-0.1, -0.05) is 31.9 Å². The quantitative estimate of drug-likeness (QED) is 0.558. The number of phenolic OH excluding ortho intramolecular Hbond substituents is 1. The van der Waals surface area contributed by atoms with Crippen LogP contribution in [-0.4, -0.2) is 21.6 Å². The van der Waals surface area contributed by atoms with E-state index < -0.39 is 23.4 Å². The third-order valence-electron chi connectivity index (χ3n) is 4.94. The van der Waals surface area contributed by atoms with Crippen molar-refractivity contribution in [2.45, 2.75) is 33.6 Å². The third kappa shape index (κ3) is 4.12. The van der Waals surface area contributed by atoms with Crippen molar-refractivity contribution in [2.24, 2.45) is 5.92 Å². The smallest absolute Gasteiger partial charge is 0.311 e. The Kier molecular flexibility index (Phi) is 5.94. The molecule has 7 heteroatoms. The zero-order valence-corrected chi connectivity index (χ0v) is 17.1. The molecule has 1 unspecified atom stereocenters. The number of hydrogen-bond acceptors (Lipinski definition) is 4. The molecule has 0 aliphatic heterocycles. The second-order valence-corrected chi connectivity index (χ2v) is 7.51. The standard InChI is InChI=1S/C22H21ClFNO4/c1-4-12(2)9-20(27)29-21-13(3)25(18-11-17(24)19(26)10-16(18)21)22(28)14-5-7-15(23)8-6-14/h5-8,10-12,26H,4,9H2,1-3H3. The Balaban J connectivity index is 2.13. The van der Waals surface area contributed by atoms with Gasteiger partial charge in [-0.25, -0.2) is 4.39 Å². The van der Waals surface area contributed by atoms with E-state index in [0.717, 1.165) is 18.6 Å². The van der Waals surface area contributed by atoms with E-state index >= 15 is 0 Å². The molecular formula is C22H21ClFNO4. The maximum absolute atomic E-state index is 14.1. The Bertz CT molecular complexity index is 1090. The van der Waals surface area contributed by atoms with Crippen LogP contribution >= 0.6 is 11.6 Å². The molecule has 1 N–H and O–H groups in total. The molecule has 0 aliphatic carbocycles. The fraction of sp³-hybridized carbons (Fsp3) is 0.273. The summed E-state index contributed by atoms with van der Waals surface area (Å²) in [5, 5.41) is 10.6. The van der Waals surface area contributed by atoms with Crippen LogP contribution in [0, 0.1) is 18.7 Å². The number of rotatable bonds is 5. The number of aromatic nitrogens is 1. The lowest BCUT2D eigenvalue weighted by atomic mass is 10.1. The number of hydrogen-bond donors (Lipinski definition) is 1. The molecule has 1 aromatic heterocycles. The summed E-state index contributed by atoms with van der Waals surface area (Å²) < 4.78 is 20.9. The van der Waals surface area contributed by atoms with E-state index in [-0.39, 0.29) is 29.0 Å². The van der Waals surface area contributed by atoms with Gasteiger partial charge in [0.2, 0.25) is 0 Å². The minimum Gasteiger partial charge on any atom is -0.505 e. The molecule has 3 aromatic rings. The average molecular weight is 418 g/mol. The Hall–Kier alpha value is -2.86. The SMILES string of the molecule is CCC(C)CC(=O)Oc1c(C)n(C(=O)c2ccc(Cl)cc2)c2cc(F)c(O)cc12. The van der Waals surface area contributed by atoms with Gasteiger partial charge in [0, 0.05) is 28.5 Å². The molecule has 2 aromatic carbocycles. The van der Waals surface area contributed by atoms with Gasteiger partial charge >= 0.3 is 5.97 Å². The second-order valence-electron chi connectivity index (χ2n) is 7.07. The highest BCUT2D eigenvalue weighted by Gasteiger charge is 2.24. The number of fused-ring (bicyclic) bond motifs is 1. The molecule has 0 aliphatic rings. The van der Waals surface area contributed by atoms with Crippen molar-refractivity contribution in [3.8, 4) is 11.5 Å². The summed E-state index contributed by atoms with van der Waals surface area (Å²) in [4.78, 5) is 25.5. The highest BCUT2D eigenvalue weighted by atomic mass is 35.5. The molecule has 29 heavy (non-hydrogen) atoms. The zero-order chi connectivity index (χ0) is 21.3. The number of halogens is 2. The molecule has 0 saturated carbocycles. The van der Waals surface area contributed by atoms with E-state index in [2.05, 4.69) is 0 Å². The van der Waals surface area contributed by atoms with Crippen LogP contribution in [0.3, 0.4) is 0 Å². The number of ether oxygens (including phenoxy) is 1. The zero-order valence-electron chi connectivity index (χ0n) is 16.3. The Morgan fingerprint density at radius 1 is 1.24 bits per heavy atom. The predicted molar refractivity (Wildman–Crippen MR) is 109 cm³/mol. The van der Waals surface area contributed by atoms with Crippen LogP contribution in [0.25, 0.3) is 10.9 Å². The summed E-state index contributed by atoms with van der Waals surface area (Å²) in [5.74, 6) is -2.09. The van der Waals surface area contributed by atoms with E-state index in [9.17, 15) is 19.1 Å². The summed E-state index contributed by atoms with van der Waals surface area (Å²) in [5.41, 5.74) is 0.868. The van der Waals surface area contributed by atoms with Crippen LogP contribution < -0.4 is 4.74 Å². The average Bonchev–Trinajstić information content (AvgIpc) is 2.93. The van der Waals surface area contributed by atoms with Crippen LogP contribution in [0.4, 0.5) is 4.39 Å². The maximum atomic E-state index is 14.1. The Morgan fingerprint density at radius 2 is 1.90 bits per heavy atom. The van der Waals surface area contributed by atoms with Crippen molar-refractivity contribution < 1.29 is 23.8 Å². The molecule has 152 valence electrons. The molecule has 1 atom stereocenters. The molecule has 0 bridgehead atoms. The number of benzene rings is 2. The van der Waals surface area contributed by atoms with Gasteiger partial charge in [0.25, 0.3) is 5.91 Å². The molecular weight excluding hydrogens is 397 g/mol. The molecule has 0 amide bonds. The molecule has 0 radical (unpaired) electrons. The summed E-state index contributed by atoms with van der Waals surface area (Å²) in [7, 11) is 0. The highest BCUT2D eigenvalue weighted by molar-refractivity contribution is 6.30. The Morgan fingerprint density at radius 3 is 2.52 bits per heavy atom. The second kappa shape index (κ2) is 8.25. The van der Waals surface area contributed by atoms with Crippen molar-refractivity contribution in [3.63, 3.8) is 0 Å². The molecule has 0 saturated heterocycles. The fourth-order valence-corrected chi connectivity index (χ4v) is 3.22. The van der Waals surface area contributed by atoms with Crippen LogP contribution in [0.5, 0.6) is 11.5 Å². The van der Waals surface area contributed by atoms with Gasteiger partial charge in [0.05, 0.1) is 11.2 Å². The van der Waals surface area contributed by atoms with Gasteiger partial charge in [-0.3, -0.25) is 14.2 Å². The van der Waals surface area contributed by atoms with Crippen molar-refractivity contribution in [2.75, 3.05) is 0 Å². The topological polar surface area (TPSA) is 68.5 Å². The number of carbonyl (C=O) groups is 2. The minimum atomic E-state index is -0.877. The van der Waals surface area contributed by atoms with Crippen LogP contribution in [0.1, 0.15) is 42.7 Å². The van der Waals surface area contributed by atoms with E-state index in [0.29, 0.717) is 16.3 Å². The van der Waals surface area contributed by atoms with Gasteiger partial charge in [0.15, 0.2) is 17.3 Å². The number of aromatic hydroxyl groups is 1. The first-order chi connectivity index (χ1) is 13.7. The predicted octanol–water partition coefficient (Wildman–Crippen LogP) is 5.48. The van der Waals surface area contributed by atoms with E-state index in [1.807, 2.05) is 13.8 Å². The van der Waals surface area contributed by atoms with Gasteiger partial charge in [-0.2, -0.15) is 0 Å². The van der Waals surface area contributed by atoms with E-state index in [4.69, 9.17) is 16.3 Å². The molecule has 1 heterocycles. The highest BCUT2D eigenvalue weighted by Crippen LogP contribution is 2.37. The van der Waals surface area contributed by atoms with Crippen LogP contribution in [0.15, 0.2) is 36.4 Å². The molecule has 5 nitrogen and oxygen atoms in total. The number of nitrogens with zero attached hydrogens (tertiary/aromatic N) is 1. The lowest BCUT2D eigenvalue weighted by Gasteiger charge is -2.09. The van der Waals surface area contributed by atoms with Gasteiger partial charge < -0.3 is 9.84 Å². The monoisotopic (exact) mass is 417 g/mol. The third-order valence-corrected chi connectivity index (χ3v) is 5.19. The first-order valence-corrected chi connectivity index (χ1v) is 9.65. The summed E-state index contributed by atoms with van der Waals surface area (Å²) in [6.07, 6.45) is 1.03. The maximum Gasteiger partial charge on any atom is 0.311 e. The normalized spacial score (nSPS) is 12.2. The van der Waals surface area contributed by atoms with Gasteiger partial charge in [-0.05, 0) is 43.2 Å². The van der Waals surface area contributed by atoms with E-state index in [1.165, 1.54) is 4.57 Å². The molecule has 0 fully saturated rings. The van der Waals surface area contributed by atoms with Gasteiger partial charge in [0.1, 0.15) is 0 Å². The van der Waals surface area contributed by atoms with Crippen LogP contribution in [-0.2, 0) is 4.79 Å². The van der Waals surface area contributed by atoms with Crippen molar-refractivity contribution >= 4 is 34.4 Å². The van der Waals surface area contributed by atoms with Crippen LogP contribution in [0.2, 0.25) is 5.02 Å². The number of carbonyl (C=O) groups excluding carboxylic acids is 2. The van der Waals surface area contributed by atoms with Gasteiger partial charge in [-0.15, -0.1) is 0 Å². The lowest BCUT2D eigenvalue weighted by Crippen LogP contribution is -2.15. The fourth-order valence-electron chi connectivity index (χ4n) is 3.09. The molecule has 3 rings (SSSR count).